The van der Waals surface area contributed by atoms with E-state index in [1.165, 1.54) is 0 Å². The summed E-state index contributed by atoms with van der Waals surface area (Å²) in [6.07, 6.45) is 4.19. The molecule has 2 atom stereocenters. The van der Waals surface area contributed by atoms with Crippen molar-refractivity contribution in [3.8, 4) is 0 Å². The van der Waals surface area contributed by atoms with Crippen molar-refractivity contribution >= 4 is 8.25 Å². The summed E-state index contributed by atoms with van der Waals surface area (Å²) in [5.41, 5.74) is 0.675. The highest BCUT2D eigenvalue weighted by atomic mass is 31.1. The van der Waals surface area contributed by atoms with Gasteiger partial charge in [0.1, 0.15) is 0 Å². The first-order valence-corrected chi connectivity index (χ1v) is 9.91. The highest BCUT2D eigenvalue weighted by molar-refractivity contribution is 7.33. The van der Waals surface area contributed by atoms with Crippen LogP contribution in [0.3, 0.4) is 0 Å². The summed E-state index contributed by atoms with van der Waals surface area (Å²) >= 11 is 0. The van der Waals surface area contributed by atoms with Crippen LogP contribution in [0.2, 0.25) is 0 Å². The third-order valence-corrected chi connectivity index (χ3v) is 4.46. The predicted octanol–water partition coefficient (Wildman–Crippen LogP) is 6.33. The highest BCUT2D eigenvalue weighted by Gasteiger charge is 2.16. The Kier molecular flexibility index (Phi) is 10.2. The Morgan fingerprint density at radius 2 is 1.09 bits per heavy atom. The fourth-order valence-corrected chi connectivity index (χ4v) is 3.68. The van der Waals surface area contributed by atoms with Crippen LogP contribution in [0.15, 0.2) is 0 Å². The van der Waals surface area contributed by atoms with Crippen LogP contribution in [0.5, 0.6) is 0 Å². The molecule has 0 spiro atoms. The van der Waals surface area contributed by atoms with Gasteiger partial charge in [0.05, 0.1) is 13.2 Å². The molecule has 4 heteroatoms. The second-order valence-electron chi connectivity index (χ2n) is 9.26. The lowest BCUT2D eigenvalue weighted by molar-refractivity contribution is 0.189. The Morgan fingerprint density at radius 3 is 1.36 bits per heavy atom. The van der Waals surface area contributed by atoms with E-state index in [2.05, 4.69) is 55.4 Å². The third kappa shape index (κ3) is 15.1. The molecule has 0 fully saturated rings. The maximum Gasteiger partial charge on any atom is 0.319 e. The van der Waals surface area contributed by atoms with Gasteiger partial charge in [-0.25, -0.2) is 0 Å². The Balaban J connectivity index is 3.71. The van der Waals surface area contributed by atoms with E-state index in [9.17, 15) is 4.57 Å². The third-order valence-electron chi connectivity index (χ3n) is 3.58. The standard InChI is InChI=1S/C18H39O3P/c1-15(13-17(3,4)5)9-11-20-22(19)21-12-10-16(2)14-18(6,7)8/h15-16,22H,9-14H2,1-8H3. The summed E-state index contributed by atoms with van der Waals surface area (Å²) in [6.45, 7) is 19.0. The summed E-state index contributed by atoms with van der Waals surface area (Å²) in [6, 6.07) is 0. The number of hydrogen-bond acceptors (Lipinski definition) is 3. The molecule has 0 aromatic carbocycles. The molecule has 0 N–H and O–H groups in total. The molecule has 0 aliphatic rings. The maximum absolute atomic E-state index is 11.7. The van der Waals surface area contributed by atoms with E-state index in [1.807, 2.05) is 0 Å². The van der Waals surface area contributed by atoms with Crippen LogP contribution in [0, 0.1) is 22.7 Å². The van der Waals surface area contributed by atoms with E-state index < -0.39 is 8.25 Å². The van der Waals surface area contributed by atoms with Gasteiger partial charge in [-0.15, -0.1) is 0 Å². The quantitative estimate of drug-likeness (QED) is 0.438. The zero-order valence-corrected chi connectivity index (χ0v) is 17.1. The van der Waals surface area contributed by atoms with Gasteiger partial charge < -0.3 is 9.05 Å². The highest BCUT2D eigenvalue weighted by Crippen LogP contribution is 2.30. The van der Waals surface area contributed by atoms with Gasteiger partial charge >= 0.3 is 8.25 Å². The van der Waals surface area contributed by atoms with Gasteiger partial charge in [-0.2, -0.15) is 0 Å². The SMILES string of the molecule is CC(CCO[PH](=O)OCCC(C)CC(C)(C)C)CC(C)(C)C. The topological polar surface area (TPSA) is 35.5 Å². The first-order valence-electron chi connectivity index (χ1n) is 8.68. The minimum Gasteiger partial charge on any atom is -0.311 e. The summed E-state index contributed by atoms with van der Waals surface area (Å²) in [5.74, 6) is 1.17. The van der Waals surface area contributed by atoms with E-state index in [-0.39, 0.29) is 0 Å². The lowest BCUT2D eigenvalue weighted by atomic mass is 9.84. The maximum atomic E-state index is 11.7. The molecule has 0 radical (unpaired) electrons. The fourth-order valence-electron chi connectivity index (χ4n) is 3.02. The smallest absolute Gasteiger partial charge is 0.311 e. The summed E-state index contributed by atoms with van der Waals surface area (Å²) in [4.78, 5) is 0. The van der Waals surface area contributed by atoms with Crippen LogP contribution < -0.4 is 0 Å². The van der Waals surface area contributed by atoms with E-state index in [0.29, 0.717) is 35.9 Å². The van der Waals surface area contributed by atoms with Crippen molar-refractivity contribution in [1.29, 1.82) is 0 Å². The Morgan fingerprint density at radius 1 is 0.773 bits per heavy atom. The Bertz CT molecular complexity index is 285. The largest absolute Gasteiger partial charge is 0.319 e. The average Bonchev–Trinajstić information content (AvgIpc) is 2.23. The minimum atomic E-state index is -2.32. The molecule has 2 unspecified atom stereocenters. The van der Waals surface area contributed by atoms with Crippen LogP contribution >= 0.6 is 8.25 Å². The number of rotatable bonds is 10. The van der Waals surface area contributed by atoms with Crippen LogP contribution in [0.1, 0.15) is 81.1 Å². The Labute approximate surface area is 139 Å². The fraction of sp³-hybridized carbons (Fsp3) is 1.00. The molecule has 0 saturated heterocycles. The van der Waals surface area contributed by atoms with Crippen LogP contribution in [-0.4, -0.2) is 13.2 Å². The van der Waals surface area contributed by atoms with Crippen molar-refractivity contribution < 1.29 is 13.6 Å². The van der Waals surface area contributed by atoms with E-state index >= 15 is 0 Å². The monoisotopic (exact) mass is 334 g/mol. The second-order valence-corrected chi connectivity index (χ2v) is 10.3. The molecular formula is C18H39O3P. The lowest BCUT2D eigenvalue weighted by Gasteiger charge is -2.23. The normalized spacial score (nSPS) is 17.3. The lowest BCUT2D eigenvalue weighted by Crippen LogP contribution is -2.12. The van der Waals surface area contributed by atoms with Crippen molar-refractivity contribution in [3.05, 3.63) is 0 Å². The number of hydrogen-bond donors (Lipinski definition) is 0. The zero-order chi connectivity index (χ0) is 17.4. The van der Waals surface area contributed by atoms with Gasteiger partial charge in [-0.3, -0.25) is 4.57 Å². The van der Waals surface area contributed by atoms with Gasteiger partial charge in [-0.05, 0) is 48.3 Å². The van der Waals surface area contributed by atoms with Gasteiger partial charge in [0.15, 0.2) is 0 Å². The van der Waals surface area contributed by atoms with Crippen molar-refractivity contribution in [2.75, 3.05) is 13.2 Å². The van der Waals surface area contributed by atoms with Crippen LogP contribution in [0.25, 0.3) is 0 Å². The molecule has 3 nitrogen and oxygen atoms in total. The summed E-state index contributed by atoms with van der Waals surface area (Å²) in [5, 5.41) is 0. The molecule has 22 heavy (non-hydrogen) atoms. The van der Waals surface area contributed by atoms with Crippen molar-refractivity contribution in [2.45, 2.75) is 81.1 Å². The molecule has 134 valence electrons. The molecule has 0 amide bonds. The van der Waals surface area contributed by atoms with Gasteiger partial charge in [-0.1, -0.05) is 55.4 Å². The molecule has 0 aromatic heterocycles. The van der Waals surface area contributed by atoms with Crippen molar-refractivity contribution in [3.63, 3.8) is 0 Å². The molecular weight excluding hydrogens is 295 g/mol. The van der Waals surface area contributed by atoms with E-state index in [4.69, 9.17) is 9.05 Å². The van der Waals surface area contributed by atoms with Gasteiger partial charge in [0.25, 0.3) is 0 Å². The molecule has 0 aliphatic heterocycles. The van der Waals surface area contributed by atoms with Crippen molar-refractivity contribution in [1.82, 2.24) is 0 Å². The predicted molar refractivity (Wildman–Crippen MR) is 96.6 cm³/mol. The second kappa shape index (κ2) is 10.1. The molecule has 0 rings (SSSR count). The van der Waals surface area contributed by atoms with E-state index in [0.717, 1.165) is 25.7 Å². The van der Waals surface area contributed by atoms with Gasteiger partial charge in [0, 0.05) is 0 Å². The molecule has 0 heterocycles. The average molecular weight is 334 g/mol. The summed E-state index contributed by atoms with van der Waals surface area (Å²) < 4.78 is 22.4. The summed E-state index contributed by atoms with van der Waals surface area (Å²) in [7, 11) is -2.32. The van der Waals surface area contributed by atoms with Gasteiger partial charge in [0.2, 0.25) is 0 Å². The Hall–Kier alpha value is 0.150. The molecule has 0 bridgehead atoms. The molecule has 0 aromatic rings. The van der Waals surface area contributed by atoms with Crippen LogP contribution in [-0.2, 0) is 13.6 Å². The first-order chi connectivity index (χ1) is 9.89. The van der Waals surface area contributed by atoms with E-state index in [1.54, 1.807) is 0 Å². The zero-order valence-electron chi connectivity index (χ0n) is 16.1. The first kappa shape index (κ1) is 22.1. The molecule has 0 saturated carbocycles. The molecule has 0 aliphatic carbocycles. The van der Waals surface area contributed by atoms with Crippen LogP contribution in [0.4, 0.5) is 0 Å². The van der Waals surface area contributed by atoms with Crippen molar-refractivity contribution in [2.24, 2.45) is 22.7 Å². The minimum absolute atomic E-state index is 0.338.